The van der Waals surface area contributed by atoms with Crippen LogP contribution in [0.2, 0.25) is 0 Å². The van der Waals surface area contributed by atoms with E-state index in [4.69, 9.17) is 9.47 Å². The van der Waals surface area contributed by atoms with Crippen molar-refractivity contribution < 1.29 is 19.1 Å². The van der Waals surface area contributed by atoms with Crippen LogP contribution in [0.1, 0.15) is 151 Å². The lowest BCUT2D eigenvalue weighted by molar-refractivity contribution is -0.173. The molecule has 0 radical (unpaired) electrons. The first-order valence-electron chi connectivity index (χ1n) is 14.7. The van der Waals surface area contributed by atoms with E-state index >= 15 is 0 Å². The number of rotatable bonds is 23. The Morgan fingerprint density at radius 1 is 0.588 bits per heavy atom. The zero-order valence-electron chi connectivity index (χ0n) is 23.7. The maximum absolute atomic E-state index is 12.8. The molecule has 1 unspecified atom stereocenters. The van der Waals surface area contributed by atoms with Gasteiger partial charge in [-0.15, -0.1) is 0 Å². The molecule has 34 heavy (non-hydrogen) atoms. The Labute approximate surface area is 212 Å². The first kappa shape index (κ1) is 32.9. The van der Waals surface area contributed by atoms with Crippen LogP contribution in [0.4, 0.5) is 0 Å². The predicted octanol–water partition coefficient (Wildman–Crippen LogP) is 9.04. The molecule has 0 aliphatic rings. The molecule has 4 nitrogen and oxygen atoms in total. The number of carbonyl (C=O) groups excluding carboxylic acids is 2. The summed E-state index contributed by atoms with van der Waals surface area (Å²) >= 11 is 0. The van der Waals surface area contributed by atoms with Crippen molar-refractivity contribution >= 4 is 11.9 Å². The molecule has 4 heteroatoms. The molecular formula is C30H58O4. The molecule has 0 fully saturated rings. The van der Waals surface area contributed by atoms with Crippen LogP contribution >= 0.6 is 0 Å². The minimum Gasteiger partial charge on any atom is -0.465 e. The average molecular weight is 483 g/mol. The largest absolute Gasteiger partial charge is 0.465 e. The van der Waals surface area contributed by atoms with Gasteiger partial charge in [0.25, 0.3) is 0 Å². The number of ether oxygens (including phenoxy) is 2. The second kappa shape index (κ2) is 21.2. The van der Waals surface area contributed by atoms with Gasteiger partial charge in [-0.05, 0) is 37.5 Å². The maximum atomic E-state index is 12.8. The van der Waals surface area contributed by atoms with Crippen LogP contribution in [0.15, 0.2) is 0 Å². The van der Waals surface area contributed by atoms with Gasteiger partial charge in [-0.2, -0.15) is 0 Å². The summed E-state index contributed by atoms with van der Waals surface area (Å²) in [7, 11) is 0. The van der Waals surface area contributed by atoms with E-state index < -0.39 is 17.4 Å². The van der Waals surface area contributed by atoms with Gasteiger partial charge >= 0.3 is 11.9 Å². The molecular weight excluding hydrogens is 424 g/mol. The molecule has 0 aromatic rings. The molecule has 0 aliphatic carbocycles. The number of carbonyl (C=O) groups is 2. The van der Waals surface area contributed by atoms with Crippen molar-refractivity contribution in [3.63, 3.8) is 0 Å². The fourth-order valence-electron chi connectivity index (χ4n) is 4.49. The van der Waals surface area contributed by atoms with E-state index in [0.717, 1.165) is 31.6 Å². The second-order valence-corrected chi connectivity index (χ2v) is 10.8. The molecule has 0 rings (SSSR count). The standard InChI is InChI=1S/C30H58O4/c1-7-10-11-12-13-14-15-16-17-18-19-24-33-28(31)30(8-2,9-3)29(32)34-25-23-27(6)22-20-21-26(4)5/h26-27H,7-25H2,1-6H3. The third-order valence-electron chi connectivity index (χ3n) is 7.29. The molecule has 0 bridgehead atoms. The molecule has 1 atom stereocenters. The summed E-state index contributed by atoms with van der Waals surface area (Å²) in [6, 6.07) is 0. The molecule has 0 spiro atoms. The van der Waals surface area contributed by atoms with E-state index in [9.17, 15) is 9.59 Å². The van der Waals surface area contributed by atoms with Crippen LogP contribution in [-0.2, 0) is 19.1 Å². The van der Waals surface area contributed by atoms with E-state index in [2.05, 4.69) is 27.7 Å². The van der Waals surface area contributed by atoms with Crippen LogP contribution in [-0.4, -0.2) is 25.2 Å². The molecule has 0 saturated heterocycles. The van der Waals surface area contributed by atoms with Gasteiger partial charge in [0.1, 0.15) is 0 Å². The molecule has 0 heterocycles. The highest BCUT2D eigenvalue weighted by atomic mass is 16.6. The first-order chi connectivity index (χ1) is 16.3. The summed E-state index contributed by atoms with van der Waals surface area (Å²) in [5.41, 5.74) is -1.15. The van der Waals surface area contributed by atoms with Crippen LogP contribution < -0.4 is 0 Å². The minimum absolute atomic E-state index is 0.384. The quantitative estimate of drug-likeness (QED) is 0.0828. The lowest BCUT2D eigenvalue weighted by Gasteiger charge is -2.27. The Bertz CT molecular complexity index is 496. The minimum atomic E-state index is -1.15. The van der Waals surface area contributed by atoms with Crippen molar-refractivity contribution in [2.24, 2.45) is 17.3 Å². The monoisotopic (exact) mass is 482 g/mol. The molecule has 0 amide bonds. The zero-order valence-corrected chi connectivity index (χ0v) is 23.7. The van der Waals surface area contributed by atoms with Gasteiger partial charge in [0, 0.05) is 0 Å². The summed E-state index contributed by atoms with van der Waals surface area (Å²) in [6.45, 7) is 13.5. The average Bonchev–Trinajstić information content (AvgIpc) is 2.80. The van der Waals surface area contributed by atoms with Crippen molar-refractivity contribution in [1.82, 2.24) is 0 Å². The number of esters is 2. The van der Waals surface area contributed by atoms with E-state index in [0.29, 0.717) is 32.0 Å². The van der Waals surface area contributed by atoms with E-state index in [1.165, 1.54) is 70.6 Å². The fraction of sp³-hybridized carbons (Fsp3) is 0.933. The molecule has 0 N–H and O–H groups in total. The van der Waals surface area contributed by atoms with E-state index in [-0.39, 0.29) is 0 Å². The maximum Gasteiger partial charge on any atom is 0.323 e. The fourth-order valence-corrected chi connectivity index (χ4v) is 4.49. The number of hydrogen-bond donors (Lipinski definition) is 0. The summed E-state index contributed by atoms with van der Waals surface area (Å²) in [5.74, 6) is 0.448. The molecule has 0 aromatic carbocycles. The lowest BCUT2D eigenvalue weighted by atomic mass is 9.82. The summed E-state index contributed by atoms with van der Waals surface area (Å²) < 4.78 is 11.1. The summed E-state index contributed by atoms with van der Waals surface area (Å²) in [4.78, 5) is 25.7. The van der Waals surface area contributed by atoms with E-state index in [1.807, 2.05) is 13.8 Å². The predicted molar refractivity (Wildman–Crippen MR) is 144 cm³/mol. The molecule has 0 saturated carbocycles. The van der Waals surface area contributed by atoms with Crippen LogP contribution in [0, 0.1) is 17.3 Å². The first-order valence-corrected chi connectivity index (χ1v) is 14.7. The van der Waals surface area contributed by atoms with Gasteiger partial charge in [-0.1, -0.05) is 125 Å². The Morgan fingerprint density at radius 3 is 1.53 bits per heavy atom. The zero-order chi connectivity index (χ0) is 25.7. The van der Waals surface area contributed by atoms with Gasteiger partial charge in [-0.3, -0.25) is 9.59 Å². The van der Waals surface area contributed by atoms with Crippen LogP contribution in [0.5, 0.6) is 0 Å². The number of hydrogen-bond acceptors (Lipinski definition) is 4. The van der Waals surface area contributed by atoms with Gasteiger partial charge in [-0.25, -0.2) is 0 Å². The normalized spacial score (nSPS) is 12.7. The smallest absolute Gasteiger partial charge is 0.323 e. The van der Waals surface area contributed by atoms with Crippen molar-refractivity contribution in [3.8, 4) is 0 Å². The summed E-state index contributed by atoms with van der Waals surface area (Å²) in [6.07, 6.45) is 19.1. The van der Waals surface area contributed by atoms with Crippen LogP contribution in [0.3, 0.4) is 0 Å². The number of unbranched alkanes of at least 4 members (excludes halogenated alkanes) is 10. The Kier molecular flexibility index (Phi) is 20.6. The lowest BCUT2D eigenvalue weighted by Crippen LogP contribution is -2.41. The van der Waals surface area contributed by atoms with Gasteiger partial charge in [0.05, 0.1) is 13.2 Å². The second-order valence-electron chi connectivity index (χ2n) is 10.8. The van der Waals surface area contributed by atoms with Gasteiger partial charge in [0.15, 0.2) is 5.41 Å². The highest BCUT2D eigenvalue weighted by Gasteiger charge is 2.45. The highest BCUT2D eigenvalue weighted by molar-refractivity contribution is 5.99. The van der Waals surface area contributed by atoms with Gasteiger partial charge in [0.2, 0.25) is 0 Å². The van der Waals surface area contributed by atoms with Crippen molar-refractivity contribution in [1.29, 1.82) is 0 Å². The van der Waals surface area contributed by atoms with Crippen LogP contribution in [0.25, 0.3) is 0 Å². The third-order valence-corrected chi connectivity index (χ3v) is 7.29. The van der Waals surface area contributed by atoms with Gasteiger partial charge < -0.3 is 9.47 Å². The summed E-state index contributed by atoms with van der Waals surface area (Å²) in [5, 5.41) is 0. The van der Waals surface area contributed by atoms with E-state index in [1.54, 1.807) is 0 Å². The highest BCUT2D eigenvalue weighted by Crippen LogP contribution is 2.30. The molecule has 202 valence electrons. The Morgan fingerprint density at radius 2 is 1.06 bits per heavy atom. The topological polar surface area (TPSA) is 52.6 Å². The van der Waals surface area contributed by atoms with Crippen molar-refractivity contribution in [3.05, 3.63) is 0 Å². The Balaban J connectivity index is 4.12. The Hall–Kier alpha value is -1.06. The van der Waals surface area contributed by atoms with Crippen molar-refractivity contribution in [2.75, 3.05) is 13.2 Å². The molecule has 0 aliphatic heterocycles. The molecule has 0 aromatic heterocycles. The third kappa shape index (κ3) is 15.0. The SMILES string of the molecule is CCCCCCCCCCCCCOC(=O)C(CC)(CC)C(=O)OCCC(C)CCCC(C)C. The van der Waals surface area contributed by atoms with Crippen molar-refractivity contribution in [2.45, 2.75) is 151 Å².